The molecule has 2 aromatic carbocycles. The van der Waals surface area contributed by atoms with Crippen LogP contribution in [0.25, 0.3) is 0 Å². The maximum atomic E-state index is 13.2. The van der Waals surface area contributed by atoms with Crippen LogP contribution < -0.4 is 15.0 Å². The Bertz CT molecular complexity index is 1040. The average Bonchev–Trinajstić information content (AvgIpc) is 2.68. The molecule has 0 bridgehead atoms. The normalized spacial score (nSPS) is 16.0. The molecule has 1 aliphatic heterocycles. The van der Waals surface area contributed by atoms with Crippen LogP contribution in [0.4, 0.5) is 30.2 Å². The van der Waals surface area contributed by atoms with Crippen LogP contribution in [-0.2, 0) is 15.8 Å². The summed E-state index contributed by atoms with van der Waals surface area (Å²) in [5.74, 6) is -1.64. The van der Waals surface area contributed by atoms with E-state index in [1.54, 1.807) is 13.8 Å². The molecule has 1 heterocycles. The van der Waals surface area contributed by atoms with Gasteiger partial charge in [0, 0.05) is 12.1 Å². The van der Waals surface area contributed by atoms with Gasteiger partial charge in [-0.2, -0.15) is 13.2 Å². The number of ether oxygens (including phenoxy) is 1. The Balaban J connectivity index is 1.93. The van der Waals surface area contributed by atoms with E-state index in [4.69, 9.17) is 4.74 Å². The number of benzene rings is 2. The summed E-state index contributed by atoms with van der Waals surface area (Å²) in [7, 11) is 0. The number of rotatable bonds is 5. The van der Waals surface area contributed by atoms with Gasteiger partial charge in [-0.05, 0) is 24.1 Å². The van der Waals surface area contributed by atoms with Crippen molar-refractivity contribution < 1.29 is 32.4 Å². The lowest BCUT2D eigenvalue weighted by Crippen LogP contribution is -2.50. The molecular formula is C20H18F3N3O5. The Labute approximate surface area is 174 Å². The van der Waals surface area contributed by atoms with E-state index < -0.39 is 46.8 Å². The maximum absolute atomic E-state index is 13.2. The number of nitro benzene ring substituents is 1. The van der Waals surface area contributed by atoms with Crippen LogP contribution in [0, 0.1) is 16.0 Å². The molecule has 0 aromatic heterocycles. The summed E-state index contributed by atoms with van der Waals surface area (Å²) < 4.78 is 45.2. The number of halogens is 3. The Morgan fingerprint density at radius 2 is 1.94 bits per heavy atom. The predicted octanol–water partition coefficient (Wildman–Crippen LogP) is 4.00. The van der Waals surface area contributed by atoms with Crippen molar-refractivity contribution in [1.29, 1.82) is 0 Å². The number of amides is 2. The minimum absolute atomic E-state index is 0.00430. The lowest BCUT2D eigenvalue weighted by atomic mass is 10.0. The highest BCUT2D eigenvalue weighted by atomic mass is 19.4. The molecule has 1 N–H and O–H groups in total. The standard InChI is InChI=1S/C20H18F3N3O5/c1-11(2)18-19(28)25(15-9-12(26(29)30)7-8-16(15)31-18)10-17(27)24-14-6-4-3-5-13(14)20(21,22)23/h3-9,11,18H,10H2,1-2H3,(H,24,27). The van der Waals surface area contributed by atoms with Crippen LogP contribution in [0.15, 0.2) is 42.5 Å². The van der Waals surface area contributed by atoms with Gasteiger partial charge in [0.25, 0.3) is 11.6 Å². The fraction of sp³-hybridized carbons (Fsp3) is 0.300. The smallest absolute Gasteiger partial charge is 0.418 e. The van der Waals surface area contributed by atoms with E-state index in [1.165, 1.54) is 24.3 Å². The number of fused-ring (bicyclic) bond motifs is 1. The highest BCUT2D eigenvalue weighted by molar-refractivity contribution is 6.06. The van der Waals surface area contributed by atoms with E-state index in [0.717, 1.165) is 23.1 Å². The first-order valence-electron chi connectivity index (χ1n) is 9.21. The van der Waals surface area contributed by atoms with Crippen molar-refractivity contribution in [3.05, 3.63) is 58.1 Å². The number of anilines is 2. The maximum Gasteiger partial charge on any atom is 0.418 e. The van der Waals surface area contributed by atoms with Gasteiger partial charge in [0.2, 0.25) is 5.91 Å². The van der Waals surface area contributed by atoms with Gasteiger partial charge >= 0.3 is 6.18 Å². The molecule has 8 nitrogen and oxygen atoms in total. The number of nitro groups is 1. The first-order valence-corrected chi connectivity index (χ1v) is 9.21. The molecule has 0 aliphatic carbocycles. The molecule has 0 saturated carbocycles. The van der Waals surface area contributed by atoms with Crippen LogP contribution >= 0.6 is 0 Å². The van der Waals surface area contributed by atoms with Crippen molar-refractivity contribution in [2.24, 2.45) is 5.92 Å². The molecule has 0 spiro atoms. The fourth-order valence-electron chi connectivity index (χ4n) is 3.15. The van der Waals surface area contributed by atoms with Gasteiger partial charge in [0.05, 0.1) is 21.9 Å². The van der Waals surface area contributed by atoms with E-state index in [9.17, 15) is 32.9 Å². The molecule has 0 saturated heterocycles. The van der Waals surface area contributed by atoms with Crippen molar-refractivity contribution in [2.45, 2.75) is 26.1 Å². The predicted molar refractivity (Wildman–Crippen MR) is 105 cm³/mol. The number of carbonyl (C=O) groups is 2. The zero-order valence-corrected chi connectivity index (χ0v) is 16.5. The van der Waals surface area contributed by atoms with Crippen molar-refractivity contribution in [1.82, 2.24) is 0 Å². The number of hydrogen-bond acceptors (Lipinski definition) is 5. The minimum Gasteiger partial charge on any atom is -0.478 e. The van der Waals surface area contributed by atoms with Crippen LogP contribution in [-0.4, -0.2) is 29.4 Å². The van der Waals surface area contributed by atoms with Crippen LogP contribution in [0.5, 0.6) is 5.75 Å². The molecule has 1 aliphatic rings. The molecular weight excluding hydrogens is 419 g/mol. The number of carbonyl (C=O) groups excluding carboxylic acids is 2. The lowest BCUT2D eigenvalue weighted by molar-refractivity contribution is -0.384. The van der Waals surface area contributed by atoms with E-state index in [1.807, 2.05) is 0 Å². The molecule has 164 valence electrons. The average molecular weight is 437 g/mol. The number of non-ortho nitro benzene ring substituents is 1. The summed E-state index contributed by atoms with van der Waals surface area (Å²) in [5.41, 5.74) is -1.82. The highest BCUT2D eigenvalue weighted by Gasteiger charge is 2.39. The van der Waals surface area contributed by atoms with Crippen molar-refractivity contribution >= 4 is 28.9 Å². The third-order valence-corrected chi connectivity index (χ3v) is 4.62. The van der Waals surface area contributed by atoms with Gasteiger partial charge in [-0.25, -0.2) is 0 Å². The van der Waals surface area contributed by atoms with Gasteiger partial charge in [0.1, 0.15) is 12.3 Å². The molecule has 2 amide bonds. The first-order chi connectivity index (χ1) is 14.5. The molecule has 1 unspecified atom stereocenters. The van der Waals surface area contributed by atoms with Crippen molar-refractivity contribution in [3.8, 4) is 5.75 Å². The lowest BCUT2D eigenvalue weighted by Gasteiger charge is -2.35. The van der Waals surface area contributed by atoms with Crippen molar-refractivity contribution in [3.63, 3.8) is 0 Å². The van der Waals surface area contributed by atoms with Gasteiger partial charge in [-0.15, -0.1) is 0 Å². The molecule has 31 heavy (non-hydrogen) atoms. The van der Waals surface area contributed by atoms with Crippen LogP contribution in [0.1, 0.15) is 19.4 Å². The summed E-state index contributed by atoms with van der Waals surface area (Å²) in [4.78, 5) is 36.9. The third kappa shape index (κ3) is 4.60. The molecule has 2 aromatic rings. The second kappa shape index (κ2) is 8.25. The monoisotopic (exact) mass is 437 g/mol. The van der Waals surface area contributed by atoms with Crippen molar-refractivity contribution in [2.75, 3.05) is 16.8 Å². The second-order valence-corrected chi connectivity index (χ2v) is 7.21. The Morgan fingerprint density at radius 1 is 1.26 bits per heavy atom. The largest absolute Gasteiger partial charge is 0.478 e. The van der Waals surface area contributed by atoms with E-state index in [2.05, 4.69) is 5.32 Å². The Morgan fingerprint density at radius 3 is 2.55 bits per heavy atom. The summed E-state index contributed by atoms with van der Waals surface area (Å²) in [6, 6.07) is 8.04. The van der Waals surface area contributed by atoms with Gasteiger partial charge in [-0.3, -0.25) is 24.6 Å². The number of para-hydroxylation sites is 1. The van der Waals surface area contributed by atoms with Gasteiger partial charge < -0.3 is 10.1 Å². The minimum atomic E-state index is -4.69. The highest BCUT2D eigenvalue weighted by Crippen LogP contribution is 2.38. The second-order valence-electron chi connectivity index (χ2n) is 7.21. The topological polar surface area (TPSA) is 102 Å². The molecule has 1 atom stereocenters. The zero-order valence-electron chi connectivity index (χ0n) is 16.5. The Hall–Kier alpha value is -3.63. The van der Waals surface area contributed by atoms with Crippen LogP contribution in [0.2, 0.25) is 0 Å². The van der Waals surface area contributed by atoms with E-state index >= 15 is 0 Å². The number of nitrogens with zero attached hydrogens (tertiary/aromatic N) is 2. The summed E-state index contributed by atoms with van der Waals surface area (Å²) >= 11 is 0. The first kappa shape index (κ1) is 22.1. The van der Waals surface area contributed by atoms with Gasteiger partial charge in [0.15, 0.2) is 6.10 Å². The molecule has 11 heteroatoms. The van der Waals surface area contributed by atoms with E-state index in [0.29, 0.717) is 0 Å². The fourth-order valence-corrected chi connectivity index (χ4v) is 3.15. The molecule has 0 fully saturated rings. The number of nitrogens with one attached hydrogen (secondary N) is 1. The summed E-state index contributed by atoms with van der Waals surface area (Å²) in [5, 5.41) is 13.3. The third-order valence-electron chi connectivity index (χ3n) is 4.62. The molecule has 3 rings (SSSR count). The summed E-state index contributed by atoms with van der Waals surface area (Å²) in [6.45, 7) is 2.79. The quantitative estimate of drug-likeness (QED) is 0.563. The van der Waals surface area contributed by atoms with Crippen LogP contribution in [0.3, 0.4) is 0 Å². The number of hydrogen-bond donors (Lipinski definition) is 1. The molecule has 0 radical (unpaired) electrons. The van der Waals surface area contributed by atoms with Gasteiger partial charge in [-0.1, -0.05) is 26.0 Å². The summed E-state index contributed by atoms with van der Waals surface area (Å²) in [6.07, 6.45) is -5.64. The Kier molecular flexibility index (Phi) is 5.87. The van der Waals surface area contributed by atoms with E-state index in [-0.39, 0.29) is 23.0 Å². The number of alkyl halides is 3. The zero-order chi connectivity index (χ0) is 22.9. The SMILES string of the molecule is CC(C)C1Oc2ccc([N+](=O)[O-])cc2N(CC(=O)Nc2ccccc2C(F)(F)F)C1=O.